The number of aromatic nitrogens is 1. The molecule has 0 fully saturated rings. The molecule has 0 aliphatic carbocycles. The Morgan fingerprint density at radius 3 is 2.52 bits per heavy atom. The van der Waals surface area contributed by atoms with Crippen LogP contribution in [0.15, 0.2) is 53.3 Å². The molecule has 3 aromatic rings. The van der Waals surface area contributed by atoms with Crippen LogP contribution in [0.3, 0.4) is 0 Å². The maximum atomic E-state index is 12.1. The highest BCUT2D eigenvalue weighted by atomic mass is 16.6. The average Bonchev–Trinajstić information content (AvgIpc) is 2.63. The standard InChI is InChI=1S/C20H19N3O4/c1-13-10-16-11-15(4-7-18(16)22-20(13)25)12-19(24)21-9-8-14-2-5-17(6-3-14)23(26)27/h2-7,10-11H,8-9,12H2,1H3,(H,21,24)(H,22,25). The van der Waals surface area contributed by atoms with Crippen molar-refractivity contribution < 1.29 is 9.72 Å². The summed E-state index contributed by atoms with van der Waals surface area (Å²) in [5, 5.41) is 14.4. The van der Waals surface area contributed by atoms with Gasteiger partial charge < -0.3 is 10.3 Å². The van der Waals surface area contributed by atoms with Gasteiger partial charge in [0.05, 0.1) is 11.3 Å². The number of nitrogens with zero attached hydrogens (tertiary/aromatic N) is 1. The number of non-ortho nitro benzene ring substituents is 1. The predicted octanol–water partition coefficient (Wildman–Crippen LogP) is 2.65. The molecular formula is C20H19N3O4. The van der Waals surface area contributed by atoms with Gasteiger partial charge in [0.25, 0.3) is 11.2 Å². The van der Waals surface area contributed by atoms with Gasteiger partial charge in [-0.15, -0.1) is 0 Å². The van der Waals surface area contributed by atoms with Crippen molar-refractivity contribution in [1.29, 1.82) is 0 Å². The molecule has 7 nitrogen and oxygen atoms in total. The Balaban J connectivity index is 1.56. The second kappa shape index (κ2) is 7.82. The molecule has 138 valence electrons. The van der Waals surface area contributed by atoms with Gasteiger partial charge in [0.1, 0.15) is 0 Å². The summed E-state index contributed by atoms with van der Waals surface area (Å²) in [4.78, 5) is 36.8. The molecule has 2 N–H and O–H groups in total. The molecule has 3 rings (SSSR count). The molecule has 0 saturated carbocycles. The van der Waals surface area contributed by atoms with Crippen molar-refractivity contribution in [2.24, 2.45) is 0 Å². The Bertz CT molecular complexity index is 1060. The monoisotopic (exact) mass is 365 g/mol. The van der Waals surface area contributed by atoms with Gasteiger partial charge in [-0.2, -0.15) is 0 Å². The van der Waals surface area contributed by atoms with Crippen LogP contribution < -0.4 is 10.9 Å². The van der Waals surface area contributed by atoms with Gasteiger partial charge in [-0.1, -0.05) is 18.2 Å². The summed E-state index contributed by atoms with van der Waals surface area (Å²) in [6.45, 7) is 2.20. The molecule has 7 heteroatoms. The number of carbonyl (C=O) groups excluding carboxylic acids is 1. The van der Waals surface area contributed by atoms with Crippen molar-refractivity contribution in [2.75, 3.05) is 6.54 Å². The van der Waals surface area contributed by atoms with Gasteiger partial charge >= 0.3 is 0 Å². The smallest absolute Gasteiger partial charge is 0.269 e. The Kier molecular flexibility index (Phi) is 5.30. The summed E-state index contributed by atoms with van der Waals surface area (Å²) in [5.41, 5.74) is 3.10. The lowest BCUT2D eigenvalue weighted by Gasteiger charge is -2.07. The van der Waals surface area contributed by atoms with Crippen LogP contribution in [0.1, 0.15) is 16.7 Å². The molecule has 1 amide bonds. The van der Waals surface area contributed by atoms with Crippen molar-refractivity contribution in [1.82, 2.24) is 10.3 Å². The Labute approximate surface area is 155 Å². The zero-order chi connectivity index (χ0) is 19.4. The number of aromatic amines is 1. The third-order valence-corrected chi connectivity index (χ3v) is 4.34. The van der Waals surface area contributed by atoms with Crippen LogP contribution in [0, 0.1) is 17.0 Å². The highest BCUT2D eigenvalue weighted by Gasteiger charge is 2.07. The number of pyridine rings is 1. The minimum Gasteiger partial charge on any atom is -0.355 e. The van der Waals surface area contributed by atoms with E-state index in [1.54, 1.807) is 25.1 Å². The minimum atomic E-state index is -0.438. The normalized spacial score (nSPS) is 10.7. The van der Waals surface area contributed by atoms with Crippen LogP contribution in [0.2, 0.25) is 0 Å². The largest absolute Gasteiger partial charge is 0.355 e. The molecule has 0 unspecified atom stereocenters. The Morgan fingerprint density at radius 2 is 1.81 bits per heavy atom. The fraction of sp³-hybridized carbons (Fsp3) is 0.200. The molecule has 0 spiro atoms. The number of nitro benzene ring substituents is 1. The average molecular weight is 365 g/mol. The number of hydrogen-bond acceptors (Lipinski definition) is 4. The van der Waals surface area contributed by atoms with Crippen molar-refractivity contribution in [2.45, 2.75) is 19.8 Å². The summed E-state index contributed by atoms with van der Waals surface area (Å²) < 4.78 is 0. The third kappa shape index (κ3) is 4.58. The number of nitrogens with one attached hydrogen (secondary N) is 2. The third-order valence-electron chi connectivity index (χ3n) is 4.34. The van der Waals surface area contributed by atoms with E-state index < -0.39 is 4.92 Å². The summed E-state index contributed by atoms with van der Waals surface area (Å²) >= 11 is 0. The minimum absolute atomic E-state index is 0.0515. The van der Waals surface area contributed by atoms with Gasteiger partial charge in [0, 0.05) is 29.8 Å². The Hall–Kier alpha value is -3.48. The summed E-state index contributed by atoms with van der Waals surface area (Å²) in [5.74, 6) is -0.0996. The Morgan fingerprint density at radius 1 is 1.11 bits per heavy atom. The van der Waals surface area contributed by atoms with E-state index in [1.807, 2.05) is 18.2 Å². The van der Waals surface area contributed by atoms with Crippen molar-refractivity contribution in [3.05, 3.63) is 85.7 Å². The molecule has 0 aliphatic heterocycles. The molecule has 0 radical (unpaired) electrons. The highest BCUT2D eigenvalue weighted by molar-refractivity contribution is 5.83. The zero-order valence-electron chi connectivity index (χ0n) is 14.8. The second-order valence-electron chi connectivity index (χ2n) is 6.40. The molecule has 0 aliphatic rings. The maximum absolute atomic E-state index is 12.1. The first-order valence-corrected chi connectivity index (χ1v) is 8.55. The molecule has 2 aromatic carbocycles. The molecule has 0 atom stereocenters. The number of aryl methyl sites for hydroxylation is 1. The van der Waals surface area contributed by atoms with Gasteiger partial charge in [-0.3, -0.25) is 19.7 Å². The van der Waals surface area contributed by atoms with Gasteiger partial charge in [0.15, 0.2) is 0 Å². The molecule has 0 saturated heterocycles. The van der Waals surface area contributed by atoms with Gasteiger partial charge in [-0.25, -0.2) is 0 Å². The van der Waals surface area contributed by atoms with Crippen LogP contribution in [0.4, 0.5) is 5.69 Å². The van der Waals surface area contributed by atoms with Gasteiger partial charge in [-0.05, 0) is 48.1 Å². The molecule has 1 heterocycles. The van der Waals surface area contributed by atoms with E-state index in [2.05, 4.69) is 10.3 Å². The van der Waals surface area contributed by atoms with E-state index in [9.17, 15) is 19.7 Å². The number of carbonyl (C=O) groups is 1. The maximum Gasteiger partial charge on any atom is 0.269 e. The summed E-state index contributed by atoms with van der Waals surface area (Å²) in [6, 6.07) is 13.6. The predicted molar refractivity (Wildman–Crippen MR) is 103 cm³/mol. The number of amides is 1. The van der Waals surface area contributed by atoms with E-state index in [-0.39, 0.29) is 23.6 Å². The number of nitro groups is 1. The number of rotatable bonds is 6. The SMILES string of the molecule is Cc1cc2cc(CC(=O)NCCc3ccc([N+](=O)[O-])cc3)ccc2[nH]c1=O. The summed E-state index contributed by atoms with van der Waals surface area (Å²) in [7, 11) is 0. The first-order chi connectivity index (χ1) is 12.9. The number of H-pyrrole nitrogens is 1. The fourth-order valence-electron chi connectivity index (χ4n) is 2.85. The van der Waals surface area contributed by atoms with Crippen molar-refractivity contribution in [3.8, 4) is 0 Å². The zero-order valence-corrected chi connectivity index (χ0v) is 14.8. The van der Waals surface area contributed by atoms with E-state index in [0.29, 0.717) is 18.5 Å². The van der Waals surface area contributed by atoms with Gasteiger partial charge in [0.2, 0.25) is 5.91 Å². The van der Waals surface area contributed by atoms with Crippen LogP contribution in [0.5, 0.6) is 0 Å². The van der Waals surface area contributed by atoms with Crippen molar-refractivity contribution in [3.63, 3.8) is 0 Å². The van der Waals surface area contributed by atoms with Crippen LogP contribution >= 0.6 is 0 Å². The first kappa shape index (κ1) is 18.3. The fourth-order valence-corrected chi connectivity index (χ4v) is 2.85. The van der Waals surface area contributed by atoms with E-state index in [0.717, 1.165) is 22.0 Å². The summed E-state index contributed by atoms with van der Waals surface area (Å²) in [6.07, 6.45) is 0.844. The lowest BCUT2D eigenvalue weighted by Crippen LogP contribution is -2.27. The lowest BCUT2D eigenvalue weighted by atomic mass is 10.1. The lowest BCUT2D eigenvalue weighted by molar-refractivity contribution is -0.384. The molecule has 1 aromatic heterocycles. The second-order valence-corrected chi connectivity index (χ2v) is 6.40. The van der Waals surface area contributed by atoms with Crippen LogP contribution in [-0.2, 0) is 17.6 Å². The number of benzene rings is 2. The molecule has 0 bridgehead atoms. The van der Waals surface area contributed by atoms with E-state index in [4.69, 9.17) is 0 Å². The van der Waals surface area contributed by atoms with E-state index in [1.165, 1.54) is 12.1 Å². The quantitative estimate of drug-likeness (QED) is 0.517. The van der Waals surface area contributed by atoms with E-state index >= 15 is 0 Å². The molecule has 27 heavy (non-hydrogen) atoms. The van der Waals surface area contributed by atoms with Crippen molar-refractivity contribution >= 4 is 22.5 Å². The van der Waals surface area contributed by atoms with Crippen LogP contribution in [-0.4, -0.2) is 22.4 Å². The number of fused-ring (bicyclic) bond motifs is 1. The number of hydrogen-bond donors (Lipinski definition) is 2. The molecular weight excluding hydrogens is 346 g/mol. The highest BCUT2D eigenvalue weighted by Crippen LogP contribution is 2.14. The first-order valence-electron chi connectivity index (χ1n) is 8.55. The topological polar surface area (TPSA) is 105 Å². The van der Waals surface area contributed by atoms with Crippen LogP contribution in [0.25, 0.3) is 10.9 Å².